The Morgan fingerprint density at radius 3 is 2.37 bits per heavy atom. The third kappa shape index (κ3) is 3.09. The molecule has 1 aromatic heterocycles. The van der Waals surface area contributed by atoms with Crippen LogP contribution in [0.15, 0.2) is 36.4 Å². The van der Waals surface area contributed by atoms with Crippen molar-refractivity contribution in [2.24, 2.45) is 5.92 Å². The summed E-state index contributed by atoms with van der Waals surface area (Å²) in [5.74, 6) is 1.39. The smallest absolute Gasteiger partial charge is 0.160 e. The van der Waals surface area contributed by atoms with Gasteiger partial charge in [-0.3, -0.25) is 0 Å². The van der Waals surface area contributed by atoms with Crippen LogP contribution in [0.25, 0.3) is 11.3 Å². The van der Waals surface area contributed by atoms with Gasteiger partial charge < -0.3 is 10.5 Å². The number of anilines is 1. The Kier molecular flexibility index (Phi) is 4.12. The largest absolute Gasteiger partial charge is 0.384 e. The molecular formula is C15H19N3O. The molecule has 100 valence electrons. The molecular weight excluding hydrogens is 238 g/mol. The second-order valence-electron chi connectivity index (χ2n) is 4.80. The number of benzene rings is 1. The first-order chi connectivity index (χ1) is 9.11. The van der Waals surface area contributed by atoms with E-state index >= 15 is 0 Å². The molecule has 0 radical (unpaired) electrons. The van der Waals surface area contributed by atoms with E-state index < -0.39 is 0 Å². The van der Waals surface area contributed by atoms with E-state index in [0.717, 1.165) is 11.3 Å². The minimum absolute atomic E-state index is 0.147. The van der Waals surface area contributed by atoms with Gasteiger partial charge in [-0.1, -0.05) is 44.2 Å². The summed E-state index contributed by atoms with van der Waals surface area (Å²) in [4.78, 5) is 8.87. The highest BCUT2D eigenvalue weighted by atomic mass is 16.5. The minimum atomic E-state index is -0.147. The van der Waals surface area contributed by atoms with Crippen LogP contribution in [0.5, 0.6) is 0 Å². The van der Waals surface area contributed by atoms with Gasteiger partial charge in [0, 0.05) is 18.7 Å². The molecule has 1 unspecified atom stereocenters. The van der Waals surface area contributed by atoms with Crippen LogP contribution in [0, 0.1) is 5.92 Å². The fourth-order valence-corrected chi connectivity index (χ4v) is 2.05. The van der Waals surface area contributed by atoms with E-state index in [1.54, 1.807) is 13.2 Å². The van der Waals surface area contributed by atoms with E-state index in [9.17, 15) is 0 Å². The van der Waals surface area contributed by atoms with E-state index in [1.165, 1.54) is 0 Å². The SMILES string of the molecule is COC(c1nc(N)cc(-c2ccccc2)n1)C(C)C. The van der Waals surface area contributed by atoms with E-state index in [2.05, 4.69) is 23.8 Å². The number of aromatic nitrogens is 2. The molecule has 0 saturated carbocycles. The molecule has 0 amide bonds. The van der Waals surface area contributed by atoms with Gasteiger partial charge in [0.1, 0.15) is 11.9 Å². The summed E-state index contributed by atoms with van der Waals surface area (Å²) in [5, 5.41) is 0. The van der Waals surface area contributed by atoms with Gasteiger partial charge in [0.15, 0.2) is 5.82 Å². The highest BCUT2D eigenvalue weighted by Gasteiger charge is 2.19. The van der Waals surface area contributed by atoms with Gasteiger partial charge in [-0.25, -0.2) is 9.97 Å². The number of methoxy groups -OCH3 is 1. The predicted molar refractivity (Wildman–Crippen MR) is 76.5 cm³/mol. The van der Waals surface area contributed by atoms with Crippen LogP contribution in [-0.2, 0) is 4.74 Å². The standard InChI is InChI=1S/C15H19N3O/c1-10(2)14(19-3)15-17-12(9-13(16)18-15)11-7-5-4-6-8-11/h4-10,14H,1-3H3,(H2,16,17,18). The van der Waals surface area contributed by atoms with Crippen LogP contribution in [0.3, 0.4) is 0 Å². The molecule has 2 N–H and O–H groups in total. The molecule has 1 atom stereocenters. The number of nitrogen functional groups attached to an aromatic ring is 1. The van der Waals surface area contributed by atoms with Gasteiger partial charge in [0.2, 0.25) is 0 Å². The normalized spacial score (nSPS) is 12.6. The molecule has 4 heteroatoms. The number of hydrogen-bond acceptors (Lipinski definition) is 4. The Bertz CT molecular complexity index is 540. The second kappa shape index (κ2) is 5.80. The zero-order valence-electron chi connectivity index (χ0n) is 11.5. The van der Waals surface area contributed by atoms with Gasteiger partial charge in [-0.15, -0.1) is 0 Å². The van der Waals surface area contributed by atoms with Gasteiger partial charge >= 0.3 is 0 Å². The summed E-state index contributed by atoms with van der Waals surface area (Å²) in [5.41, 5.74) is 7.73. The lowest BCUT2D eigenvalue weighted by Gasteiger charge is -2.18. The maximum absolute atomic E-state index is 5.88. The van der Waals surface area contributed by atoms with Crippen molar-refractivity contribution in [3.63, 3.8) is 0 Å². The molecule has 19 heavy (non-hydrogen) atoms. The Hall–Kier alpha value is -1.94. The van der Waals surface area contributed by atoms with Crippen molar-refractivity contribution in [1.29, 1.82) is 0 Å². The molecule has 1 heterocycles. The van der Waals surface area contributed by atoms with E-state index in [0.29, 0.717) is 11.6 Å². The van der Waals surface area contributed by atoms with Crippen molar-refractivity contribution in [1.82, 2.24) is 9.97 Å². The zero-order valence-corrected chi connectivity index (χ0v) is 11.5. The predicted octanol–water partition coefficient (Wildman–Crippen LogP) is 3.07. The van der Waals surface area contributed by atoms with Gasteiger partial charge in [0.25, 0.3) is 0 Å². The average molecular weight is 257 g/mol. The molecule has 1 aromatic carbocycles. The van der Waals surface area contributed by atoms with Crippen molar-refractivity contribution in [3.8, 4) is 11.3 Å². The van der Waals surface area contributed by atoms with Crippen LogP contribution in [0.4, 0.5) is 5.82 Å². The maximum Gasteiger partial charge on any atom is 0.160 e. The number of ether oxygens (including phenoxy) is 1. The molecule has 0 aliphatic rings. The first kappa shape index (κ1) is 13.5. The van der Waals surface area contributed by atoms with Crippen molar-refractivity contribution in [2.45, 2.75) is 20.0 Å². The van der Waals surface area contributed by atoms with Crippen molar-refractivity contribution >= 4 is 5.82 Å². The van der Waals surface area contributed by atoms with Crippen LogP contribution in [0.2, 0.25) is 0 Å². The lowest BCUT2D eigenvalue weighted by atomic mass is 10.1. The number of nitrogens with two attached hydrogens (primary N) is 1. The molecule has 2 aromatic rings. The Labute approximate surface area is 113 Å². The molecule has 0 aliphatic carbocycles. The average Bonchev–Trinajstić information content (AvgIpc) is 2.39. The maximum atomic E-state index is 5.88. The van der Waals surface area contributed by atoms with E-state index in [1.807, 2.05) is 30.3 Å². The van der Waals surface area contributed by atoms with E-state index in [-0.39, 0.29) is 12.0 Å². The van der Waals surface area contributed by atoms with Crippen LogP contribution < -0.4 is 5.73 Å². The van der Waals surface area contributed by atoms with Crippen LogP contribution >= 0.6 is 0 Å². The van der Waals surface area contributed by atoms with Crippen molar-refractivity contribution < 1.29 is 4.74 Å². The summed E-state index contributed by atoms with van der Waals surface area (Å²) in [6.45, 7) is 4.14. The van der Waals surface area contributed by atoms with Crippen LogP contribution in [-0.4, -0.2) is 17.1 Å². The number of rotatable bonds is 4. The topological polar surface area (TPSA) is 61.0 Å². The lowest BCUT2D eigenvalue weighted by molar-refractivity contribution is 0.0577. The Balaban J connectivity index is 2.45. The first-order valence-corrected chi connectivity index (χ1v) is 6.34. The summed E-state index contributed by atoms with van der Waals surface area (Å²) < 4.78 is 5.46. The molecule has 4 nitrogen and oxygen atoms in total. The molecule has 0 saturated heterocycles. The molecule has 0 spiro atoms. The highest BCUT2D eigenvalue weighted by Crippen LogP contribution is 2.26. The minimum Gasteiger partial charge on any atom is -0.384 e. The molecule has 0 fully saturated rings. The lowest BCUT2D eigenvalue weighted by Crippen LogP contribution is -2.14. The summed E-state index contributed by atoms with van der Waals surface area (Å²) in [6, 6.07) is 11.7. The highest BCUT2D eigenvalue weighted by molar-refractivity contribution is 5.61. The third-order valence-corrected chi connectivity index (χ3v) is 2.95. The molecule has 0 bridgehead atoms. The zero-order chi connectivity index (χ0) is 13.8. The van der Waals surface area contributed by atoms with Gasteiger partial charge in [-0.2, -0.15) is 0 Å². The summed E-state index contributed by atoms with van der Waals surface area (Å²) >= 11 is 0. The fourth-order valence-electron chi connectivity index (χ4n) is 2.05. The Morgan fingerprint density at radius 2 is 1.79 bits per heavy atom. The van der Waals surface area contributed by atoms with E-state index in [4.69, 9.17) is 10.5 Å². The van der Waals surface area contributed by atoms with Crippen LogP contribution in [0.1, 0.15) is 25.8 Å². The van der Waals surface area contributed by atoms with Crippen molar-refractivity contribution in [3.05, 3.63) is 42.2 Å². The van der Waals surface area contributed by atoms with Gasteiger partial charge in [0.05, 0.1) is 5.69 Å². The molecule has 0 aliphatic heterocycles. The molecule has 2 rings (SSSR count). The Morgan fingerprint density at radius 1 is 1.11 bits per heavy atom. The quantitative estimate of drug-likeness (QED) is 0.914. The van der Waals surface area contributed by atoms with Gasteiger partial charge in [-0.05, 0) is 5.92 Å². The number of nitrogens with zero attached hydrogens (tertiary/aromatic N) is 2. The first-order valence-electron chi connectivity index (χ1n) is 6.34. The van der Waals surface area contributed by atoms with Crippen molar-refractivity contribution in [2.75, 3.05) is 12.8 Å². The number of hydrogen-bond donors (Lipinski definition) is 1. The monoisotopic (exact) mass is 257 g/mol. The fraction of sp³-hybridized carbons (Fsp3) is 0.333. The summed E-state index contributed by atoms with van der Waals surface area (Å²) in [7, 11) is 1.67. The third-order valence-electron chi connectivity index (χ3n) is 2.95. The summed E-state index contributed by atoms with van der Waals surface area (Å²) in [6.07, 6.45) is -0.147. The second-order valence-corrected chi connectivity index (χ2v) is 4.80.